The van der Waals surface area contributed by atoms with Crippen molar-refractivity contribution in [3.8, 4) is 17.2 Å². The number of ether oxygens (including phenoxy) is 3. The normalized spacial score (nSPS) is 13.3. The Morgan fingerprint density at radius 3 is 2.80 bits per heavy atom. The second-order valence-electron chi connectivity index (χ2n) is 5.12. The quantitative estimate of drug-likeness (QED) is 0.733. The number of benzene rings is 2. The van der Waals surface area contributed by atoms with Crippen molar-refractivity contribution in [2.75, 3.05) is 13.9 Å². The Bertz CT molecular complexity index is 847. The fourth-order valence-corrected chi connectivity index (χ4v) is 2.94. The first kappa shape index (κ1) is 11.5. The highest BCUT2D eigenvalue weighted by molar-refractivity contribution is 6.13. The largest absolute Gasteiger partial charge is 0.495 e. The van der Waals surface area contributed by atoms with Crippen LogP contribution in [0.15, 0.2) is 18.2 Å². The second kappa shape index (κ2) is 3.82. The predicted molar refractivity (Wildman–Crippen MR) is 78.0 cm³/mol. The van der Waals surface area contributed by atoms with Crippen molar-refractivity contribution in [2.45, 2.75) is 13.8 Å². The maximum atomic E-state index is 5.59. The van der Waals surface area contributed by atoms with Crippen LogP contribution >= 0.6 is 0 Å². The molecule has 0 unspecified atom stereocenters. The summed E-state index contributed by atoms with van der Waals surface area (Å²) in [5.41, 5.74) is 4.45. The molecule has 102 valence electrons. The molecule has 0 amide bonds. The molecule has 2 aromatic carbocycles. The highest BCUT2D eigenvalue weighted by Crippen LogP contribution is 2.44. The standard InChI is InChI=1S/C16H15NO3/c1-8-6-12(18-3)15-13(9(8)2)10-4-5-11-16(14(10)17-15)20-7-19-11/h4-6,17H,7H2,1-3H3. The number of H-pyrrole nitrogens is 1. The highest BCUT2D eigenvalue weighted by atomic mass is 16.7. The summed E-state index contributed by atoms with van der Waals surface area (Å²) in [4.78, 5) is 3.44. The molecular weight excluding hydrogens is 254 g/mol. The molecule has 0 saturated carbocycles. The summed E-state index contributed by atoms with van der Waals surface area (Å²) in [5, 5.41) is 2.33. The van der Waals surface area contributed by atoms with Gasteiger partial charge in [-0.05, 0) is 43.2 Å². The van der Waals surface area contributed by atoms with Gasteiger partial charge < -0.3 is 19.2 Å². The third kappa shape index (κ3) is 1.31. The maximum Gasteiger partial charge on any atom is 0.231 e. The zero-order chi connectivity index (χ0) is 13.9. The number of hydrogen-bond acceptors (Lipinski definition) is 3. The van der Waals surface area contributed by atoms with Crippen LogP contribution in [0.1, 0.15) is 11.1 Å². The minimum Gasteiger partial charge on any atom is -0.495 e. The molecule has 1 N–H and O–H groups in total. The number of aromatic amines is 1. The minimum atomic E-state index is 0.277. The number of fused-ring (bicyclic) bond motifs is 5. The van der Waals surface area contributed by atoms with Crippen LogP contribution in [0, 0.1) is 13.8 Å². The maximum absolute atomic E-state index is 5.59. The van der Waals surface area contributed by atoms with E-state index >= 15 is 0 Å². The van der Waals surface area contributed by atoms with Crippen LogP contribution in [0.5, 0.6) is 17.2 Å². The first-order valence-corrected chi connectivity index (χ1v) is 6.59. The van der Waals surface area contributed by atoms with Gasteiger partial charge in [0.05, 0.1) is 18.1 Å². The first-order chi connectivity index (χ1) is 9.70. The van der Waals surface area contributed by atoms with Gasteiger partial charge in [0.25, 0.3) is 0 Å². The average molecular weight is 269 g/mol. The van der Waals surface area contributed by atoms with E-state index in [1.165, 1.54) is 16.5 Å². The van der Waals surface area contributed by atoms with Crippen LogP contribution in [-0.4, -0.2) is 18.9 Å². The van der Waals surface area contributed by atoms with E-state index in [1.54, 1.807) is 7.11 Å². The van der Waals surface area contributed by atoms with Gasteiger partial charge in [0, 0.05) is 10.8 Å². The monoisotopic (exact) mass is 269 g/mol. The van der Waals surface area contributed by atoms with E-state index < -0.39 is 0 Å². The summed E-state index contributed by atoms with van der Waals surface area (Å²) in [6.45, 7) is 4.51. The molecule has 4 nitrogen and oxygen atoms in total. The molecule has 0 fully saturated rings. The van der Waals surface area contributed by atoms with Gasteiger partial charge in [-0.2, -0.15) is 0 Å². The summed E-state index contributed by atoms with van der Waals surface area (Å²) >= 11 is 0. The summed E-state index contributed by atoms with van der Waals surface area (Å²) in [6.07, 6.45) is 0. The summed E-state index contributed by atoms with van der Waals surface area (Å²) in [5.74, 6) is 2.43. The highest BCUT2D eigenvalue weighted by Gasteiger charge is 2.21. The molecule has 0 atom stereocenters. The van der Waals surface area contributed by atoms with E-state index in [-0.39, 0.29) is 6.79 Å². The third-order valence-electron chi connectivity index (χ3n) is 4.09. The Morgan fingerprint density at radius 1 is 1.15 bits per heavy atom. The minimum absolute atomic E-state index is 0.277. The Balaban J connectivity index is 2.23. The number of rotatable bonds is 1. The fourth-order valence-electron chi connectivity index (χ4n) is 2.94. The van der Waals surface area contributed by atoms with Crippen LogP contribution in [0.4, 0.5) is 0 Å². The third-order valence-corrected chi connectivity index (χ3v) is 4.09. The topological polar surface area (TPSA) is 43.5 Å². The van der Waals surface area contributed by atoms with Crippen molar-refractivity contribution in [3.63, 3.8) is 0 Å². The molecular formula is C16H15NO3. The summed E-state index contributed by atoms with van der Waals surface area (Å²) in [6, 6.07) is 6.10. The summed E-state index contributed by atoms with van der Waals surface area (Å²) < 4.78 is 16.5. The Labute approximate surface area is 116 Å². The Hall–Kier alpha value is -2.36. The van der Waals surface area contributed by atoms with Crippen molar-refractivity contribution in [2.24, 2.45) is 0 Å². The smallest absolute Gasteiger partial charge is 0.231 e. The molecule has 0 aliphatic carbocycles. The van der Waals surface area contributed by atoms with Gasteiger partial charge in [-0.3, -0.25) is 0 Å². The molecule has 0 bridgehead atoms. The van der Waals surface area contributed by atoms with E-state index in [2.05, 4.69) is 31.0 Å². The first-order valence-electron chi connectivity index (χ1n) is 6.59. The van der Waals surface area contributed by atoms with Crippen molar-refractivity contribution < 1.29 is 14.2 Å². The van der Waals surface area contributed by atoms with Gasteiger partial charge in [-0.25, -0.2) is 0 Å². The molecule has 1 aromatic heterocycles. The summed E-state index contributed by atoms with van der Waals surface area (Å²) in [7, 11) is 1.69. The lowest BCUT2D eigenvalue weighted by Crippen LogP contribution is -1.93. The molecule has 0 spiro atoms. The van der Waals surface area contributed by atoms with Gasteiger partial charge in [0.2, 0.25) is 6.79 Å². The van der Waals surface area contributed by atoms with Crippen LogP contribution in [0.2, 0.25) is 0 Å². The van der Waals surface area contributed by atoms with Crippen molar-refractivity contribution in [1.29, 1.82) is 0 Å². The molecule has 20 heavy (non-hydrogen) atoms. The molecule has 0 saturated heterocycles. The molecule has 2 heterocycles. The number of hydrogen-bond donors (Lipinski definition) is 1. The number of methoxy groups -OCH3 is 1. The zero-order valence-corrected chi connectivity index (χ0v) is 11.7. The molecule has 4 rings (SSSR count). The van der Waals surface area contributed by atoms with Crippen molar-refractivity contribution >= 4 is 21.8 Å². The lowest BCUT2D eigenvalue weighted by molar-refractivity contribution is 0.174. The van der Waals surface area contributed by atoms with Crippen molar-refractivity contribution in [1.82, 2.24) is 4.98 Å². The molecule has 0 radical (unpaired) electrons. The Morgan fingerprint density at radius 2 is 2.00 bits per heavy atom. The average Bonchev–Trinajstić information content (AvgIpc) is 3.05. The lowest BCUT2D eigenvalue weighted by Gasteiger charge is -2.07. The van der Waals surface area contributed by atoms with E-state index in [0.29, 0.717) is 0 Å². The number of aryl methyl sites for hydroxylation is 2. The lowest BCUT2D eigenvalue weighted by atomic mass is 10.0. The number of aromatic nitrogens is 1. The number of nitrogens with one attached hydrogen (secondary N) is 1. The second-order valence-corrected chi connectivity index (χ2v) is 5.12. The predicted octanol–water partition coefficient (Wildman–Crippen LogP) is 3.68. The van der Waals surface area contributed by atoms with E-state index in [1.807, 2.05) is 6.07 Å². The fraction of sp³-hybridized carbons (Fsp3) is 0.250. The zero-order valence-electron chi connectivity index (χ0n) is 11.7. The SMILES string of the molecule is COc1cc(C)c(C)c2c1[nH]c1c3c(ccc12)OCO3. The van der Waals surface area contributed by atoms with Gasteiger partial charge in [0.1, 0.15) is 5.75 Å². The van der Waals surface area contributed by atoms with Crippen molar-refractivity contribution in [3.05, 3.63) is 29.3 Å². The van der Waals surface area contributed by atoms with Crippen LogP contribution in [-0.2, 0) is 0 Å². The van der Waals surface area contributed by atoms with Gasteiger partial charge >= 0.3 is 0 Å². The molecule has 3 aromatic rings. The van der Waals surface area contributed by atoms with E-state index in [4.69, 9.17) is 14.2 Å². The van der Waals surface area contributed by atoms with E-state index in [0.717, 1.165) is 33.7 Å². The van der Waals surface area contributed by atoms with Gasteiger partial charge in [-0.1, -0.05) is 0 Å². The van der Waals surface area contributed by atoms with Crippen LogP contribution in [0.25, 0.3) is 21.8 Å². The Kier molecular flexibility index (Phi) is 2.19. The molecule has 1 aliphatic heterocycles. The van der Waals surface area contributed by atoms with Gasteiger partial charge in [-0.15, -0.1) is 0 Å². The van der Waals surface area contributed by atoms with Crippen LogP contribution < -0.4 is 14.2 Å². The van der Waals surface area contributed by atoms with Gasteiger partial charge in [0.15, 0.2) is 11.5 Å². The molecule has 1 aliphatic rings. The van der Waals surface area contributed by atoms with Crippen LogP contribution in [0.3, 0.4) is 0 Å². The van der Waals surface area contributed by atoms with E-state index in [9.17, 15) is 0 Å². The molecule has 4 heteroatoms.